The van der Waals surface area contributed by atoms with Gasteiger partial charge < -0.3 is 10.1 Å². The van der Waals surface area contributed by atoms with Crippen LogP contribution in [-0.2, 0) is 0 Å². The van der Waals surface area contributed by atoms with Gasteiger partial charge in [-0.25, -0.2) is 4.98 Å². The van der Waals surface area contributed by atoms with Gasteiger partial charge in [0.05, 0.1) is 0 Å². The zero-order chi connectivity index (χ0) is 9.80. The molecule has 84 valence electrons. The number of halogens is 1. The van der Waals surface area contributed by atoms with Gasteiger partial charge >= 0.3 is 0 Å². The molecule has 0 bridgehead atoms. The van der Waals surface area contributed by atoms with E-state index in [9.17, 15) is 0 Å². The average Bonchev–Trinajstić information content (AvgIpc) is 2.19. The molecule has 1 aromatic rings. The van der Waals surface area contributed by atoms with Crippen LogP contribution in [0, 0.1) is 6.92 Å². The van der Waals surface area contributed by atoms with E-state index in [1.54, 1.807) is 6.20 Å². The number of hydrogen-bond acceptors (Lipinski definition) is 3. The van der Waals surface area contributed by atoms with E-state index in [0.717, 1.165) is 31.8 Å². The van der Waals surface area contributed by atoms with Crippen LogP contribution in [0.3, 0.4) is 0 Å². The van der Waals surface area contributed by atoms with Gasteiger partial charge in [0.2, 0.25) is 5.88 Å². The van der Waals surface area contributed by atoms with Gasteiger partial charge in [0.15, 0.2) is 0 Å². The summed E-state index contributed by atoms with van der Waals surface area (Å²) in [7, 11) is 0. The summed E-state index contributed by atoms with van der Waals surface area (Å²) in [6, 6.07) is 3.97. The van der Waals surface area contributed by atoms with Crippen molar-refractivity contribution >= 4 is 12.4 Å². The number of pyridine rings is 1. The van der Waals surface area contributed by atoms with Crippen molar-refractivity contribution in [2.75, 3.05) is 13.1 Å². The molecule has 4 heteroatoms. The minimum atomic E-state index is 0. The standard InChI is InChI=1S/C11H16N2O.ClH/c1-9-2-7-13-11(8-9)14-10-3-5-12-6-4-10;/h2,7-8,10,12H,3-6H2,1H3;1H. The average molecular weight is 229 g/mol. The first-order valence-electron chi connectivity index (χ1n) is 5.14. The molecule has 0 saturated carbocycles. The number of nitrogens with one attached hydrogen (secondary N) is 1. The number of rotatable bonds is 2. The summed E-state index contributed by atoms with van der Waals surface area (Å²) in [4.78, 5) is 4.19. The van der Waals surface area contributed by atoms with Crippen LogP contribution in [0.2, 0.25) is 0 Å². The Balaban J connectivity index is 0.00000112. The molecule has 3 nitrogen and oxygen atoms in total. The van der Waals surface area contributed by atoms with Gasteiger partial charge in [0.25, 0.3) is 0 Å². The fraction of sp³-hybridized carbons (Fsp3) is 0.545. The fourth-order valence-electron chi connectivity index (χ4n) is 1.66. The Hall–Kier alpha value is -0.800. The smallest absolute Gasteiger partial charge is 0.213 e. The second kappa shape index (κ2) is 5.93. The third-order valence-corrected chi connectivity index (χ3v) is 2.46. The lowest BCUT2D eigenvalue weighted by Gasteiger charge is -2.23. The largest absolute Gasteiger partial charge is 0.474 e. The maximum atomic E-state index is 5.78. The Labute approximate surface area is 96.7 Å². The quantitative estimate of drug-likeness (QED) is 0.840. The van der Waals surface area contributed by atoms with E-state index in [0.29, 0.717) is 6.10 Å². The van der Waals surface area contributed by atoms with Crippen molar-refractivity contribution in [2.24, 2.45) is 0 Å². The molecule has 1 aliphatic heterocycles. The molecule has 0 aliphatic carbocycles. The molecule has 2 rings (SSSR count). The zero-order valence-electron chi connectivity index (χ0n) is 8.90. The molecule has 0 unspecified atom stereocenters. The first-order valence-corrected chi connectivity index (χ1v) is 5.14. The number of aryl methyl sites for hydroxylation is 1. The molecule has 0 atom stereocenters. The van der Waals surface area contributed by atoms with Gasteiger partial charge in [-0.15, -0.1) is 12.4 Å². The molecule has 2 heterocycles. The van der Waals surface area contributed by atoms with Crippen LogP contribution < -0.4 is 10.1 Å². The van der Waals surface area contributed by atoms with Gasteiger partial charge in [-0.3, -0.25) is 0 Å². The predicted octanol–water partition coefficient (Wildman–Crippen LogP) is 1.94. The Morgan fingerprint density at radius 1 is 1.40 bits per heavy atom. The normalized spacial score (nSPS) is 16.9. The number of ether oxygens (including phenoxy) is 1. The van der Waals surface area contributed by atoms with Gasteiger partial charge in [0, 0.05) is 12.3 Å². The molecule has 15 heavy (non-hydrogen) atoms. The van der Waals surface area contributed by atoms with E-state index in [-0.39, 0.29) is 12.4 Å². The molecular weight excluding hydrogens is 212 g/mol. The van der Waals surface area contributed by atoms with Crippen LogP contribution in [0.5, 0.6) is 5.88 Å². The maximum Gasteiger partial charge on any atom is 0.213 e. The summed E-state index contributed by atoms with van der Waals surface area (Å²) in [5.74, 6) is 0.761. The SMILES string of the molecule is Cc1ccnc(OC2CCNCC2)c1.Cl. The first kappa shape index (κ1) is 12.3. The van der Waals surface area contributed by atoms with E-state index in [1.807, 2.05) is 12.1 Å². The summed E-state index contributed by atoms with van der Waals surface area (Å²) in [5, 5.41) is 3.31. The lowest BCUT2D eigenvalue weighted by molar-refractivity contribution is 0.156. The van der Waals surface area contributed by atoms with Crippen molar-refractivity contribution in [3.8, 4) is 5.88 Å². The second-order valence-electron chi connectivity index (χ2n) is 3.74. The Bertz CT molecular complexity index is 300. The molecule has 1 saturated heterocycles. The van der Waals surface area contributed by atoms with Gasteiger partial charge in [-0.05, 0) is 44.5 Å². The number of hydrogen-bond donors (Lipinski definition) is 1. The minimum Gasteiger partial charge on any atom is -0.474 e. The molecular formula is C11H17ClN2O. The van der Waals surface area contributed by atoms with Crippen LogP contribution >= 0.6 is 12.4 Å². The Morgan fingerprint density at radius 3 is 2.80 bits per heavy atom. The Morgan fingerprint density at radius 2 is 2.13 bits per heavy atom. The minimum absolute atomic E-state index is 0. The number of aromatic nitrogens is 1. The highest BCUT2D eigenvalue weighted by atomic mass is 35.5. The van der Waals surface area contributed by atoms with E-state index in [2.05, 4.69) is 17.2 Å². The van der Waals surface area contributed by atoms with Gasteiger partial charge in [-0.2, -0.15) is 0 Å². The first-order chi connectivity index (χ1) is 6.84. The van der Waals surface area contributed by atoms with Crippen molar-refractivity contribution in [1.29, 1.82) is 0 Å². The lowest BCUT2D eigenvalue weighted by Crippen LogP contribution is -2.34. The molecule has 1 N–H and O–H groups in total. The molecule has 1 aromatic heterocycles. The summed E-state index contributed by atoms with van der Waals surface area (Å²) < 4.78 is 5.78. The van der Waals surface area contributed by atoms with Crippen LogP contribution in [0.1, 0.15) is 18.4 Å². The zero-order valence-corrected chi connectivity index (χ0v) is 9.72. The third-order valence-electron chi connectivity index (χ3n) is 2.46. The molecule has 0 spiro atoms. The molecule has 1 aliphatic rings. The highest BCUT2D eigenvalue weighted by Crippen LogP contribution is 2.14. The summed E-state index contributed by atoms with van der Waals surface area (Å²) >= 11 is 0. The predicted molar refractivity (Wildman–Crippen MR) is 62.7 cm³/mol. The van der Waals surface area contributed by atoms with Crippen LogP contribution in [0.25, 0.3) is 0 Å². The number of nitrogens with zero attached hydrogens (tertiary/aromatic N) is 1. The summed E-state index contributed by atoms with van der Waals surface area (Å²) in [5.41, 5.74) is 1.20. The fourth-order valence-corrected chi connectivity index (χ4v) is 1.66. The summed E-state index contributed by atoms with van der Waals surface area (Å²) in [6.45, 7) is 4.16. The maximum absolute atomic E-state index is 5.78. The van der Waals surface area contributed by atoms with E-state index in [4.69, 9.17) is 4.74 Å². The van der Waals surface area contributed by atoms with E-state index in [1.165, 1.54) is 5.56 Å². The van der Waals surface area contributed by atoms with Gasteiger partial charge in [-0.1, -0.05) is 0 Å². The van der Waals surface area contributed by atoms with Crippen molar-refractivity contribution in [2.45, 2.75) is 25.9 Å². The lowest BCUT2D eigenvalue weighted by atomic mass is 10.1. The summed E-state index contributed by atoms with van der Waals surface area (Å²) in [6.07, 6.45) is 4.29. The topological polar surface area (TPSA) is 34.1 Å². The van der Waals surface area contributed by atoms with E-state index >= 15 is 0 Å². The van der Waals surface area contributed by atoms with Crippen molar-refractivity contribution < 1.29 is 4.74 Å². The highest BCUT2D eigenvalue weighted by Gasteiger charge is 2.14. The molecule has 0 amide bonds. The van der Waals surface area contributed by atoms with Crippen LogP contribution in [-0.4, -0.2) is 24.2 Å². The van der Waals surface area contributed by atoms with Gasteiger partial charge in [0.1, 0.15) is 6.10 Å². The van der Waals surface area contributed by atoms with Crippen molar-refractivity contribution in [3.05, 3.63) is 23.9 Å². The monoisotopic (exact) mass is 228 g/mol. The van der Waals surface area contributed by atoms with E-state index < -0.39 is 0 Å². The van der Waals surface area contributed by atoms with Crippen LogP contribution in [0.4, 0.5) is 0 Å². The Kier molecular flexibility index (Phi) is 4.85. The third kappa shape index (κ3) is 3.68. The highest BCUT2D eigenvalue weighted by molar-refractivity contribution is 5.85. The number of piperidine rings is 1. The van der Waals surface area contributed by atoms with Crippen molar-refractivity contribution in [3.63, 3.8) is 0 Å². The molecule has 1 fully saturated rings. The molecule has 0 radical (unpaired) electrons. The van der Waals surface area contributed by atoms with Crippen LogP contribution in [0.15, 0.2) is 18.3 Å². The second-order valence-corrected chi connectivity index (χ2v) is 3.74. The molecule has 0 aromatic carbocycles. The van der Waals surface area contributed by atoms with Crippen molar-refractivity contribution in [1.82, 2.24) is 10.3 Å².